The number of benzene rings is 1. The highest BCUT2D eigenvalue weighted by atomic mass is 35.5. The number of fused-ring (bicyclic) bond motifs is 1. The van der Waals surface area contributed by atoms with Crippen molar-refractivity contribution in [3.63, 3.8) is 0 Å². The lowest BCUT2D eigenvalue weighted by Crippen LogP contribution is -2.16. The van der Waals surface area contributed by atoms with Crippen LogP contribution in [0.4, 0.5) is 4.39 Å². The van der Waals surface area contributed by atoms with Crippen LogP contribution in [-0.4, -0.2) is 12.1 Å². The van der Waals surface area contributed by atoms with Gasteiger partial charge in [-0.2, -0.15) is 5.10 Å². The van der Waals surface area contributed by atoms with Crippen LogP contribution in [0.25, 0.3) is 0 Å². The van der Waals surface area contributed by atoms with Crippen LogP contribution in [0.15, 0.2) is 29.4 Å². The fraction of sp³-hybridized carbons (Fsp3) is 0.333. The molecule has 1 aromatic carbocycles. The van der Waals surface area contributed by atoms with Gasteiger partial charge in [-0.3, -0.25) is 4.79 Å². The van der Waals surface area contributed by atoms with Crippen molar-refractivity contribution in [3.8, 4) is 0 Å². The molecule has 1 atom stereocenters. The molecule has 0 bridgehead atoms. The molecule has 3 nitrogen and oxygen atoms in total. The summed E-state index contributed by atoms with van der Waals surface area (Å²) in [6, 6.07) is 6.36. The average Bonchev–Trinajstić information content (AvgIpc) is 3.00. The molecule has 1 aliphatic carbocycles. The van der Waals surface area contributed by atoms with E-state index in [9.17, 15) is 9.18 Å². The van der Waals surface area contributed by atoms with Gasteiger partial charge in [-0.25, -0.2) is 9.82 Å². The van der Waals surface area contributed by atoms with Crippen molar-refractivity contribution in [2.75, 3.05) is 0 Å². The molecule has 0 radical (unpaired) electrons. The Bertz CT molecular complexity index is 767. The smallest absolute Gasteiger partial charge is 0.266 e. The summed E-state index contributed by atoms with van der Waals surface area (Å²) in [5.74, 6) is -0.0342. The molecule has 126 valence electrons. The standard InChI is InChI=1S/C18H18ClFN2OS/c1-2-11-6-7-16-12(8-11)9-17(24-16)18(23)22-21-10-13-14(19)4-3-5-15(13)20/h3-5,9-11H,2,6-8H2,1H3,(H,22,23)/b21-10+. The summed E-state index contributed by atoms with van der Waals surface area (Å²) in [5.41, 5.74) is 3.90. The van der Waals surface area contributed by atoms with Crippen molar-refractivity contribution in [1.29, 1.82) is 0 Å². The third kappa shape index (κ3) is 3.68. The molecule has 1 N–H and O–H groups in total. The number of hydrazone groups is 1. The quantitative estimate of drug-likeness (QED) is 0.613. The maximum Gasteiger partial charge on any atom is 0.281 e. The van der Waals surface area contributed by atoms with E-state index in [1.807, 2.05) is 6.07 Å². The van der Waals surface area contributed by atoms with Crippen LogP contribution < -0.4 is 5.43 Å². The van der Waals surface area contributed by atoms with Crippen molar-refractivity contribution in [3.05, 3.63) is 56.0 Å². The van der Waals surface area contributed by atoms with Crippen LogP contribution in [0.2, 0.25) is 5.02 Å². The lowest BCUT2D eigenvalue weighted by atomic mass is 9.87. The van der Waals surface area contributed by atoms with E-state index in [0.717, 1.165) is 12.8 Å². The van der Waals surface area contributed by atoms with Gasteiger partial charge in [0.05, 0.1) is 16.1 Å². The Morgan fingerprint density at radius 3 is 3.12 bits per heavy atom. The van der Waals surface area contributed by atoms with Crippen molar-refractivity contribution in [1.82, 2.24) is 5.43 Å². The molecule has 0 spiro atoms. The summed E-state index contributed by atoms with van der Waals surface area (Å²) in [4.78, 5) is 14.2. The minimum Gasteiger partial charge on any atom is -0.266 e. The summed E-state index contributed by atoms with van der Waals surface area (Å²) < 4.78 is 13.6. The second-order valence-corrected chi connectivity index (χ2v) is 7.45. The average molecular weight is 365 g/mol. The van der Waals surface area contributed by atoms with Gasteiger partial charge in [0.25, 0.3) is 5.91 Å². The predicted octanol–water partition coefficient (Wildman–Crippen LogP) is 4.82. The molecule has 6 heteroatoms. The van der Waals surface area contributed by atoms with E-state index in [4.69, 9.17) is 11.6 Å². The number of amides is 1. The first kappa shape index (κ1) is 17.1. The number of carbonyl (C=O) groups is 1. The molecule has 0 fully saturated rings. The number of thiophene rings is 1. The molecule has 1 aromatic heterocycles. The Kier molecular flexibility index (Phi) is 5.31. The van der Waals surface area contributed by atoms with Gasteiger partial charge in [0.15, 0.2) is 0 Å². The Morgan fingerprint density at radius 1 is 1.54 bits per heavy atom. The van der Waals surface area contributed by atoms with Crippen LogP contribution in [0.1, 0.15) is 45.4 Å². The molecule has 1 amide bonds. The molecular weight excluding hydrogens is 347 g/mol. The number of hydrogen-bond acceptors (Lipinski definition) is 3. The van der Waals surface area contributed by atoms with Crippen molar-refractivity contribution in [2.45, 2.75) is 32.6 Å². The van der Waals surface area contributed by atoms with Crippen LogP contribution in [0.3, 0.4) is 0 Å². The first-order chi connectivity index (χ1) is 11.6. The number of halogens is 2. The highest BCUT2D eigenvalue weighted by Gasteiger charge is 2.21. The van der Waals surface area contributed by atoms with Crippen molar-refractivity contribution >= 4 is 35.1 Å². The summed E-state index contributed by atoms with van der Waals surface area (Å²) in [7, 11) is 0. The van der Waals surface area contributed by atoms with Gasteiger partial charge < -0.3 is 0 Å². The zero-order valence-corrected chi connectivity index (χ0v) is 14.9. The van der Waals surface area contributed by atoms with Crippen molar-refractivity contribution in [2.24, 2.45) is 11.0 Å². The molecule has 1 aliphatic rings. The maximum absolute atomic E-state index is 13.6. The number of nitrogens with one attached hydrogen (secondary N) is 1. The summed E-state index contributed by atoms with van der Waals surface area (Å²) in [6.07, 6.45) is 5.68. The first-order valence-electron chi connectivity index (χ1n) is 7.97. The molecule has 1 unspecified atom stereocenters. The Labute approximate surface area is 149 Å². The topological polar surface area (TPSA) is 41.5 Å². The number of rotatable bonds is 4. The van der Waals surface area contributed by atoms with E-state index in [1.165, 1.54) is 53.0 Å². The van der Waals surface area contributed by atoms with Gasteiger partial charge in [0, 0.05) is 10.4 Å². The fourth-order valence-corrected chi connectivity index (χ4v) is 4.21. The molecule has 0 aliphatic heterocycles. The highest BCUT2D eigenvalue weighted by molar-refractivity contribution is 7.14. The number of aryl methyl sites for hydroxylation is 1. The molecule has 1 heterocycles. The van der Waals surface area contributed by atoms with Crippen LogP contribution in [0, 0.1) is 11.7 Å². The van der Waals surface area contributed by atoms with Gasteiger partial charge in [-0.1, -0.05) is 31.0 Å². The zero-order chi connectivity index (χ0) is 17.1. The van der Waals surface area contributed by atoms with E-state index < -0.39 is 5.82 Å². The molecule has 0 saturated heterocycles. The molecular formula is C18H18ClFN2OS. The van der Waals surface area contributed by atoms with E-state index in [2.05, 4.69) is 17.5 Å². The summed E-state index contributed by atoms with van der Waals surface area (Å²) >= 11 is 7.44. The SMILES string of the molecule is CCC1CCc2sc(C(=O)N/N=C/c3c(F)cccc3Cl)cc2C1. The molecule has 2 aromatic rings. The van der Waals surface area contributed by atoms with Crippen molar-refractivity contribution < 1.29 is 9.18 Å². The van der Waals surface area contributed by atoms with Crippen LogP contribution in [0.5, 0.6) is 0 Å². The lowest BCUT2D eigenvalue weighted by molar-refractivity contribution is 0.0959. The van der Waals surface area contributed by atoms with E-state index >= 15 is 0 Å². The number of carbonyl (C=O) groups excluding carboxylic acids is 1. The third-order valence-corrected chi connectivity index (χ3v) is 5.91. The van der Waals surface area contributed by atoms with Crippen LogP contribution in [-0.2, 0) is 12.8 Å². The van der Waals surface area contributed by atoms with Gasteiger partial charge in [0.2, 0.25) is 0 Å². The summed E-state index contributed by atoms with van der Waals surface area (Å²) in [5, 5.41) is 4.09. The second kappa shape index (κ2) is 7.45. The van der Waals surface area contributed by atoms with Gasteiger partial charge in [0.1, 0.15) is 5.82 Å². The third-order valence-electron chi connectivity index (χ3n) is 4.35. The normalized spacial score (nSPS) is 17.0. The lowest BCUT2D eigenvalue weighted by Gasteiger charge is -2.19. The molecule has 3 rings (SSSR count). The Morgan fingerprint density at radius 2 is 2.38 bits per heavy atom. The Balaban J connectivity index is 1.68. The van der Waals surface area contributed by atoms with Gasteiger partial charge in [-0.05, 0) is 48.9 Å². The van der Waals surface area contributed by atoms with Gasteiger partial charge >= 0.3 is 0 Å². The minimum atomic E-state index is -0.474. The maximum atomic E-state index is 13.6. The molecule has 0 saturated carbocycles. The zero-order valence-electron chi connectivity index (χ0n) is 13.3. The first-order valence-corrected chi connectivity index (χ1v) is 9.17. The predicted molar refractivity (Wildman–Crippen MR) is 96.6 cm³/mol. The summed E-state index contributed by atoms with van der Waals surface area (Å²) in [6.45, 7) is 2.21. The highest BCUT2D eigenvalue weighted by Crippen LogP contribution is 2.33. The number of nitrogens with zero attached hydrogens (tertiary/aromatic N) is 1. The largest absolute Gasteiger partial charge is 0.281 e. The number of hydrogen-bond donors (Lipinski definition) is 1. The van der Waals surface area contributed by atoms with E-state index in [1.54, 1.807) is 6.07 Å². The van der Waals surface area contributed by atoms with Crippen LogP contribution >= 0.6 is 22.9 Å². The van der Waals surface area contributed by atoms with E-state index in [-0.39, 0.29) is 16.5 Å². The Hall–Kier alpha value is -1.72. The monoisotopic (exact) mass is 364 g/mol. The molecule has 24 heavy (non-hydrogen) atoms. The second-order valence-electron chi connectivity index (χ2n) is 5.91. The minimum absolute atomic E-state index is 0.163. The van der Waals surface area contributed by atoms with Gasteiger partial charge in [-0.15, -0.1) is 11.3 Å². The van der Waals surface area contributed by atoms with E-state index in [0.29, 0.717) is 10.8 Å². The fourth-order valence-electron chi connectivity index (χ4n) is 2.90.